The van der Waals surface area contributed by atoms with Crippen molar-refractivity contribution in [1.29, 1.82) is 0 Å². The van der Waals surface area contributed by atoms with E-state index >= 15 is 0 Å². The Labute approximate surface area is 163 Å². The van der Waals surface area contributed by atoms with Crippen molar-refractivity contribution in [2.75, 3.05) is 11.9 Å². The lowest BCUT2D eigenvalue weighted by molar-refractivity contribution is -0.123. The molecule has 2 aromatic rings. The van der Waals surface area contributed by atoms with E-state index in [-0.39, 0.29) is 18.3 Å². The second kappa shape index (κ2) is 8.73. The highest BCUT2D eigenvalue weighted by atomic mass is 16.5. The molecule has 1 unspecified atom stereocenters. The summed E-state index contributed by atoms with van der Waals surface area (Å²) in [5.41, 5.74) is 1.34. The van der Waals surface area contributed by atoms with Gasteiger partial charge in [-0.3, -0.25) is 4.79 Å². The van der Waals surface area contributed by atoms with Crippen LogP contribution in [0.5, 0.6) is 0 Å². The van der Waals surface area contributed by atoms with E-state index in [9.17, 15) is 14.4 Å². The Bertz CT molecular complexity index is 881. The fourth-order valence-corrected chi connectivity index (χ4v) is 2.79. The van der Waals surface area contributed by atoms with Gasteiger partial charge in [-0.05, 0) is 47.1 Å². The van der Waals surface area contributed by atoms with Crippen molar-refractivity contribution in [3.05, 3.63) is 34.8 Å². The molecule has 0 saturated heterocycles. The average molecular weight is 390 g/mol. The first-order chi connectivity index (χ1) is 13.2. The van der Waals surface area contributed by atoms with Crippen LogP contribution in [0.25, 0.3) is 0 Å². The monoisotopic (exact) mass is 390 g/mol. The zero-order valence-electron chi connectivity index (χ0n) is 17.0. The van der Waals surface area contributed by atoms with E-state index < -0.39 is 23.9 Å². The molecule has 0 aliphatic rings. The molecule has 0 aliphatic heterocycles. The number of ether oxygens (including phenoxy) is 2. The second-order valence-electron chi connectivity index (χ2n) is 6.64. The third-order valence-electron chi connectivity index (χ3n) is 4.18. The lowest BCUT2D eigenvalue weighted by atomic mass is 10.1. The smallest absolute Gasteiger partial charge is 0.355 e. The fraction of sp³-hybridized carbons (Fsp3) is 0.474. The first kappa shape index (κ1) is 21.2. The fourth-order valence-electron chi connectivity index (χ4n) is 2.79. The predicted octanol–water partition coefficient (Wildman–Crippen LogP) is 2.77. The van der Waals surface area contributed by atoms with Gasteiger partial charge in [0.1, 0.15) is 11.5 Å². The number of aromatic amines is 1. The van der Waals surface area contributed by atoms with E-state index in [1.807, 2.05) is 13.8 Å². The number of carbonyl (C=O) groups excluding carboxylic acids is 3. The summed E-state index contributed by atoms with van der Waals surface area (Å²) in [5.74, 6) is -1.21. The van der Waals surface area contributed by atoms with Crippen molar-refractivity contribution in [3.8, 4) is 0 Å². The highest BCUT2D eigenvalue weighted by Crippen LogP contribution is 2.20. The van der Waals surface area contributed by atoms with Crippen LogP contribution in [0.1, 0.15) is 65.8 Å². The molecule has 2 heterocycles. The van der Waals surface area contributed by atoms with Gasteiger partial charge in [0, 0.05) is 17.8 Å². The van der Waals surface area contributed by atoms with E-state index in [1.54, 1.807) is 37.7 Å². The van der Waals surface area contributed by atoms with Crippen molar-refractivity contribution >= 4 is 23.7 Å². The molecule has 0 saturated carbocycles. The number of aryl methyl sites for hydroxylation is 1. The summed E-state index contributed by atoms with van der Waals surface area (Å²) in [6.07, 6.45) is 0.533. The molecule has 0 radical (unpaired) electrons. The summed E-state index contributed by atoms with van der Waals surface area (Å²) in [6.45, 7) is 10.6. The Kier molecular flexibility index (Phi) is 6.61. The van der Waals surface area contributed by atoms with Gasteiger partial charge in [0.15, 0.2) is 6.10 Å². The topological polar surface area (TPSA) is 115 Å². The van der Waals surface area contributed by atoms with Crippen molar-refractivity contribution in [1.82, 2.24) is 14.8 Å². The van der Waals surface area contributed by atoms with Gasteiger partial charge in [-0.1, -0.05) is 0 Å². The van der Waals surface area contributed by atoms with Crippen LogP contribution >= 0.6 is 0 Å². The largest absolute Gasteiger partial charge is 0.462 e. The number of amides is 1. The molecule has 0 spiro atoms. The maximum Gasteiger partial charge on any atom is 0.355 e. The number of rotatable bonds is 7. The molecular weight excluding hydrogens is 364 g/mol. The SMILES string of the molecule is CCOC(=O)c1c(C)[nH]c(C(=O)OC(C)C(=O)Nc2ccnn2C(C)C)c1C. The molecule has 0 bridgehead atoms. The molecule has 9 heteroatoms. The summed E-state index contributed by atoms with van der Waals surface area (Å²) in [6, 6.07) is 1.73. The molecule has 28 heavy (non-hydrogen) atoms. The number of aromatic nitrogens is 3. The van der Waals surface area contributed by atoms with E-state index in [1.165, 1.54) is 6.92 Å². The summed E-state index contributed by atoms with van der Waals surface area (Å²) in [4.78, 5) is 39.8. The molecule has 1 atom stereocenters. The van der Waals surface area contributed by atoms with Gasteiger partial charge < -0.3 is 19.8 Å². The number of hydrogen-bond acceptors (Lipinski definition) is 6. The molecule has 0 fully saturated rings. The first-order valence-electron chi connectivity index (χ1n) is 9.08. The highest BCUT2D eigenvalue weighted by Gasteiger charge is 2.26. The molecule has 2 rings (SSSR count). The van der Waals surface area contributed by atoms with Crippen LogP contribution in [0.4, 0.5) is 5.82 Å². The number of nitrogens with zero attached hydrogens (tertiary/aromatic N) is 2. The van der Waals surface area contributed by atoms with Crippen LogP contribution in [0.15, 0.2) is 12.3 Å². The van der Waals surface area contributed by atoms with Crippen LogP contribution in [0, 0.1) is 13.8 Å². The van der Waals surface area contributed by atoms with Crippen LogP contribution in [0.2, 0.25) is 0 Å². The van der Waals surface area contributed by atoms with Crippen LogP contribution < -0.4 is 5.32 Å². The van der Waals surface area contributed by atoms with Crippen LogP contribution in [-0.2, 0) is 14.3 Å². The maximum atomic E-state index is 12.5. The Balaban J connectivity index is 2.10. The van der Waals surface area contributed by atoms with Gasteiger partial charge in [-0.25, -0.2) is 14.3 Å². The van der Waals surface area contributed by atoms with Crippen molar-refractivity contribution in [2.24, 2.45) is 0 Å². The van der Waals surface area contributed by atoms with Gasteiger partial charge in [0.05, 0.1) is 18.4 Å². The van der Waals surface area contributed by atoms with E-state index in [0.29, 0.717) is 22.6 Å². The lowest BCUT2D eigenvalue weighted by Gasteiger charge is -2.15. The standard InChI is InChI=1S/C19H26N4O5/c1-7-27-18(25)15-11(4)16(21-12(15)5)19(26)28-13(6)17(24)22-14-8-9-20-23(14)10(2)3/h8-10,13,21H,7H2,1-6H3,(H,22,24). The van der Waals surface area contributed by atoms with Crippen molar-refractivity contribution < 1.29 is 23.9 Å². The molecule has 0 aliphatic carbocycles. The number of carbonyl (C=O) groups is 3. The molecule has 2 aromatic heterocycles. The van der Waals surface area contributed by atoms with Gasteiger partial charge in [0.25, 0.3) is 5.91 Å². The lowest BCUT2D eigenvalue weighted by Crippen LogP contribution is -2.31. The summed E-state index contributed by atoms with van der Waals surface area (Å²) in [7, 11) is 0. The Morgan fingerprint density at radius 3 is 2.50 bits per heavy atom. The van der Waals surface area contributed by atoms with Crippen LogP contribution in [-0.4, -0.2) is 45.3 Å². The average Bonchev–Trinajstić information content (AvgIpc) is 3.19. The quantitative estimate of drug-likeness (QED) is 0.703. The van der Waals surface area contributed by atoms with Gasteiger partial charge in [-0.15, -0.1) is 0 Å². The predicted molar refractivity (Wildman–Crippen MR) is 102 cm³/mol. The number of esters is 2. The first-order valence-corrected chi connectivity index (χ1v) is 9.08. The van der Waals surface area contributed by atoms with E-state index in [2.05, 4.69) is 15.4 Å². The minimum atomic E-state index is -1.04. The van der Waals surface area contributed by atoms with Gasteiger partial charge in [-0.2, -0.15) is 5.10 Å². The minimum Gasteiger partial charge on any atom is -0.462 e. The zero-order valence-corrected chi connectivity index (χ0v) is 17.0. The number of hydrogen-bond donors (Lipinski definition) is 2. The molecule has 0 aromatic carbocycles. The number of H-pyrrole nitrogens is 1. The molecular formula is C19H26N4O5. The second-order valence-corrected chi connectivity index (χ2v) is 6.64. The third kappa shape index (κ3) is 4.41. The maximum absolute atomic E-state index is 12.5. The summed E-state index contributed by atoms with van der Waals surface area (Å²) < 4.78 is 11.9. The molecule has 2 N–H and O–H groups in total. The van der Waals surface area contributed by atoms with Crippen LogP contribution in [0.3, 0.4) is 0 Å². The summed E-state index contributed by atoms with van der Waals surface area (Å²) >= 11 is 0. The molecule has 152 valence electrons. The Morgan fingerprint density at radius 1 is 1.21 bits per heavy atom. The van der Waals surface area contributed by atoms with Gasteiger partial charge in [0.2, 0.25) is 0 Å². The Hall–Kier alpha value is -3.10. The number of anilines is 1. The third-order valence-corrected chi connectivity index (χ3v) is 4.18. The Morgan fingerprint density at radius 2 is 1.89 bits per heavy atom. The van der Waals surface area contributed by atoms with E-state index in [4.69, 9.17) is 9.47 Å². The van der Waals surface area contributed by atoms with E-state index in [0.717, 1.165) is 0 Å². The highest BCUT2D eigenvalue weighted by molar-refractivity contribution is 6.00. The normalized spacial score (nSPS) is 12.0. The van der Waals surface area contributed by atoms with Gasteiger partial charge >= 0.3 is 11.9 Å². The van der Waals surface area contributed by atoms with Crippen molar-refractivity contribution in [2.45, 2.75) is 53.7 Å². The van der Waals surface area contributed by atoms with Crippen molar-refractivity contribution in [3.63, 3.8) is 0 Å². The summed E-state index contributed by atoms with van der Waals surface area (Å²) in [5, 5.41) is 6.83. The molecule has 1 amide bonds. The minimum absolute atomic E-state index is 0.0639. The number of nitrogens with one attached hydrogen (secondary N) is 2. The molecule has 9 nitrogen and oxygen atoms in total. The zero-order chi connectivity index (χ0) is 21.0.